The van der Waals surface area contributed by atoms with E-state index in [0.29, 0.717) is 5.56 Å². The topological polar surface area (TPSA) is 31.2 Å². The van der Waals surface area contributed by atoms with Crippen molar-refractivity contribution in [1.29, 1.82) is 0 Å². The fourth-order valence-corrected chi connectivity index (χ4v) is 3.34. The van der Waals surface area contributed by atoms with Gasteiger partial charge < -0.3 is 9.30 Å². The van der Waals surface area contributed by atoms with Crippen LogP contribution in [0.2, 0.25) is 0 Å². The molecule has 1 aliphatic heterocycles. The van der Waals surface area contributed by atoms with Gasteiger partial charge in [0.2, 0.25) is 0 Å². The average Bonchev–Trinajstić information content (AvgIpc) is 3.01. The van der Waals surface area contributed by atoms with Crippen LogP contribution in [0.3, 0.4) is 0 Å². The van der Waals surface area contributed by atoms with Crippen molar-refractivity contribution >= 4 is 16.7 Å². The van der Waals surface area contributed by atoms with Gasteiger partial charge in [0.25, 0.3) is 0 Å². The van der Waals surface area contributed by atoms with E-state index in [9.17, 15) is 4.79 Å². The zero-order valence-electron chi connectivity index (χ0n) is 15.0. The third kappa shape index (κ3) is 3.08. The van der Waals surface area contributed by atoms with Crippen LogP contribution in [0.5, 0.6) is 0 Å². The second kappa shape index (κ2) is 6.68. The number of ether oxygens (including phenoxy) is 1. The predicted molar refractivity (Wildman–Crippen MR) is 105 cm³/mol. The molecule has 4 rings (SSSR count). The number of nitrogens with zero attached hydrogens (tertiary/aromatic N) is 1. The molecule has 0 saturated heterocycles. The van der Waals surface area contributed by atoms with E-state index >= 15 is 0 Å². The summed E-state index contributed by atoms with van der Waals surface area (Å²) in [6.07, 6.45) is 1.98. The first-order chi connectivity index (χ1) is 12.6. The van der Waals surface area contributed by atoms with Crippen molar-refractivity contribution < 1.29 is 9.53 Å². The lowest BCUT2D eigenvalue weighted by atomic mass is 10.1. The van der Waals surface area contributed by atoms with Gasteiger partial charge in [-0.05, 0) is 54.4 Å². The molecule has 0 radical (unpaired) electrons. The summed E-state index contributed by atoms with van der Waals surface area (Å²) in [7, 11) is 0. The zero-order chi connectivity index (χ0) is 18.1. The second-order valence-corrected chi connectivity index (χ2v) is 6.82. The fourth-order valence-electron chi connectivity index (χ4n) is 3.34. The highest BCUT2D eigenvalue weighted by atomic mass is 16.5. The predicted octanol–water partition coefficient (Wildman–Crippen LogP) is 5.36. The minimum atomic E-state index is -0.274. The third-order valence-electron chi connectivity index (χ3n) is 4.52. The number of rotatable bonds is 4. The summed E-state index contributed by atoms with van der Waals surface area (Å²) in [5.41, 5.74) is 4.17. The van der Waals surface area contributed by atoms with Crippen molar-refractivity contribution in [2.75, 3.05) is 0 Å². The van der Waals surface area contributed by atoms with Crippen LogP contribution in [0.1, 0.15) is 29.8 Å². The van der Waals surface area contributed by atoms with Gasteiger partial charge in [0.05, 0.1) is 11.7 Å². The molecule has 0 unspecified atom stereocenters. The van der Waals surface area contributed by atoms with Crippen LogP contribution in [-0.2, 0) is 11.3 Å². The maximum Gasteiger partial charge on any atom is 0.338 e. The molecule has 3 nitrogen and oxygen atoms in total. The molecule has 0 amide bonds. The number of carbonyl (C=O) groups excluding carboxylic acids is 1. The van der Waals surface area contributed by atoms with Gasteiger partial charge in [0.15, 0.2) is 0 Å². The van der Waals surface area contributed by atoms with Gasteiger partial charge in [-0.1, -0.05) is 42.5 Å². The maximum atomic E-state index is 12.2. The highest BCUT2D eigenvalue weighted by Crippen LogP contribution is 2.35. The first-order valence-corrected chi connectivity index (χ1v) is 8.88. The quantitative estimate of drug-likeness (QED) is 0.467. The molecule has 1 heterocycles. The number of hydrogen-bond acceptors (Lipinski definition) is 2. The van der Waals surface area contributed by atoms with E-state index in [1.54, 1.807) is 0 Å². The normalized spacial score (nSPS) is 11.3. The van der Waals surface area contributed by atoms with Crippen LogP contribution < -0.4 is 0 Å². The molecule has 130 valence electrons. The fraction of sp³-hybridized carbons (Fsp3) is 0.174. The molecule has 0 atom stereocenters. The number of carbonyl (C=O) groups is 1. The Hall–Kier alpha value is -3.07. The SMILES string of the molecule is CC(C)OC(=O)c1ccc2cc3n(Cc4ccccc4)cccc-3c2c1. The smallest absolute Gasteiger partial charge is 0.338 e. The number of aromatic nitrogens is 1. The number of fused-ring (bicyclic) bond motifs is 3. The highest BCUT2D eigenvalue weighted by Gasteiger charge is 2.16. The van der Waals surface area contributed by atoms with E-state index in [1.165, 1.54) is 11.3 Å². The molecule has 0 saturated carbocycles. The van der Waals surface area contributed by atoms with Gasteiger partial charge in [-0.2, -0.15) is 0 Å². The summed E-state index contributed by atoms with van der Waals surface area (Å²) in [6, 6.07) is 22.5. The molecule has 0 bridgehead atoms. The molecule has 2 aliphatic rings. The number of benzene rings is 2. The first-order valence-electron chi connectivity index (χ1n) is 8.88. The van der Waals surface area contributed by atoms with E-state index in [4.69, 9.17) is 4.74 Å². The molecule has 3 heteroatoms. The summed E-state index contributed by atoms with van der Waals surface area (Å²) in [4.78, 5) is 12.2. The molecular weight excluding hydrogens is 322 g/mol. The Bertz CT molecular complexity index is 1030. The Morgan fingerprint density at radius 3 is 2.58 bits per heavy atom. The molecule has 2 aromatic rings. The number of esters is 1. The molecule has 0 aromatic heterocycles. The van der Waals surface area contributed by atoms with Crippen molar-refractivity contribution in [3.63, 3.8) is 0 Å². The Morgan fingerprint density at radius 2 is 1.81 bits per heavy atom. The standard InChI is InChI=1S/C23H21NO2/c1-16(2)26-23(25)19-11-10-18-14-22-20(21(18)13-19)9-6-12-24(22)15-17-7-4-3-5-8-17/h3-14,16H,15H2,1-2H3. The summed E-state index contributed by atoms with van der Waals surface area (Å²) < 4.78 is 7.58. The minimum absolute atomic E-state index is 0.123. The average molecular weight is 343 g/mol. The van der Waals surface area contributed by atoms with Crippen LogP contribution in [0, 0.1) is 0 Å². The number of pyridine rings is 1. The van der Waals surface area contributed by atoms with Crippen LogP contribution in [0.15, 0.2) is 72.9 Å². The Morgan fingerprint density at radius 1 is 1.00 bits per heavy atom. The minimum Gasteiger partial charge on any atom is -0.459 e. The highest BCUT2D eigenvalue weighted by molar-refractivity contribution is 6.05. The Kier molecular flexibility index (Phi) is 4.21. The van der Waals surface area contributed by atoms with Crippen molar-refractivity contribution in [3.05, 3.63) is 84.1 Å². The number of hydrogen-bond donors (Lipinski definition) is 0. The molecule has 26 heavy (non-hydrogen) atoms. The van der Waals surface area contributed by atoms with E-state index in [-0.39, 0.29) is 12.1 Å². The Balaban J connectivity index is 1.75. The lowest BCUT2D eigenvalue weighted by molar-refractivity contribution is 0.0378. The molecule has 0 spiro atoms. The van der Waals surface area contributed by atoms with Crippen molar-refractivity contribution in [2.24, 2.45) is 0 Å². The van der Waals surface area contributed by atoms with Gasteiger partial charge in [0.1, 0.15) is 0 Å². The summed E-state index contributed by atoms with van der Waals surface area (Å²) in [6.45, 7) is 4.54. The van der Waals surface area contributed by atoms with Gasteiger partial charge in [-0.25, -0.2) is 4.79 Å². The molecule has 0 N–H and O–H groups in total. The first kappa shape index (κ1) is 16.4. The van der Waals surface area contributed by atoms with Crippen LogP contribution in [0.4, 0.5) is 0 Å². The van der Waals surface area contributed by atoms with Crippen molar-refractivity contribution in [1.82, 2.24) is 4.57 Å². The van der Waals surface area contributed by atoms with E-state index in [0.717, 1.165) is 22.9 Å². The van der Waals surface area contributed by atoms with E-state index in [1.807, 2.05) is 38.1 Å². The maximum absolute atomic E-state index is 12.2. The molecular formula is C23H21NO2. The van der Waals surface area contributed by atoms with Gasteiger partial charge in [0, 0.05) is 24.0 Å². The van der Waals surface area contributed by atoms with Crippen LogP contribution >= 0.6 is 0 Å². The van der Waals surface area contributed by atoms with Crippen molar-refractivity contribution in [2.45, 2.75) is 26.5 Å². The largest absolute Gasteiger partial charge is 0.459 e. The molecule has 1 aliphatic carbocycles. The van der Waals surface area contributed by atoms with Crippen LogP contribution in [-0.4, -0.2) is 16.6 Å². The van der Waals surface area contributed by atoms with Crippen molar-refractivity contribution in [3.8, 4) is 11.3 Å². The molecule has 2 aromatic carbocycles. The Labute approximate surface area is 153 Å². The van der Waals surface area contributed by atoms with Gasteiger partial charge in [-0.15, -0.1) is 0 Å². The summed E-state index contributed by atoms with van der Waals surface area (Å²) >= 11 is 0. The summed E-state index contributed by atoms with van der Waals surface area (Å²) in [5, 5.41) is 2.22. The zero-order valence-corrected chi connectivity index (χ0v) is 15.0. The van der Waals surface area contributed by atoms with E-state index in [2.05, 4.69) is 53.2 Å². The lowest BCUT2D eigenvalue weighted by Crippen LogP contribution is -2.11. The monoisotopic (exact) mass is 343 g/mol. The van der Waals surface area contributed by atoms with Gasteiger partial charge >= 0.3 is 5.97 Å². The van der Waals surface area contributed by atoms with E-state index < -0.39 is 0 Å². The summed E-state index contributed by atoms with van der Waals surface area (Å²) in [5.74, 6) is -0.274. The van der Waals surface area contributed by atoms with Gasteiger partial charge in [-0.3, -0.25) is 0 Å². The lowest BCUT2D eigenvalue weighted by Gasteiger charge is -2.13. The second-order valence-electron chi connectivity index (χ2n) is 6.82. The third-order valence-corrected chi connectivity index (χ3v) is 4.52. The molecule has 0 fully saturated rings. The van der Waals surface area contributed by atoms with Crippen LogP contribution in [0.25, 0.3) is 22.0 Å².